The molecule has 2 unspecified atom stereocenters. The van der Waals surface area contributed by atoms with Gasteiger partial charge in [0.15, 0.2) is 0 Å². The summed E-state index contributed by atoms with van der Waals surface area (Å²) in [6.45, 7) is 0. The van der Waals surface area contributed by atoms with Gasteiger partial charge in [-0.05, 0) is 25.7 Å². The van der Waals surface area contributed by atoms with Gasteiger partial charge in [0.25, 0.3) is 11.6 Å². The van der Waals surface area contributed by atoms with Gasteiger partial charge in [0.05, 0.1) is 4.92 Å². The summed E-state index contributed by atoms with van der Waals surface area (Å²) in [6.07, 6.45) is 4.30. The number of fused-ring (bicyclic) bond motifs is 2. The molecule has 2 atom stereocenters. The van der Waals surface area contributed by atoms with Crippen molar-refractivity contribution in [2.24, 2.45) is 0 Å². The number of nitrogens with one attached hydrogen (secondary N) is 2. The molecule has 8 heteroatoms. The number of hydrogen-bond acceptors (Lipinski definition) is 6. The van der Waals surface area contributed by atoms with Gasteiger partial charge in [-0.1, -0.05) is 12.1 Å². The van der Waals surface area contributed by atoms with Crippen molar-refractivity contribution in [2.75, 3.05) is 0 Å². The first kappa shape index (κ1) is 16.2. The van der Waals surface area contributed by atoms with Crippen LogP contribution in [0.25, 0.3) is 10.6 Å². The van der Waals surface area contributed by atoms with Crippen molar-refractivity contribution in [1.29, 1.82) is 0 Å². The van der Waals surface area contributed by atoms with Crippen molar-refractivity contribution in [2.45, 2.75) is 43.8 Å². The van der Waals surface area contributed by atoms with Crippen LogP contribution >= 0.6 is 11.3 Å². The second-order valence-electron chi connectivity index (χ2n) is 6.62. The van der Waals surface area contributed by atoms with Gasteiger partial charge >= 0.3 is 0 Å². The lowest BCUT2D eigenvalue weighted by atomic mass is 10.00. The zero-order chi connectivity index (χ0) is 17.4. The Balaban J connectivity index is 1.46. The fourth-order valence-electron chi connectivity index (χ4n) is 3.70. The van der Waals surface area contributed by atoms with Gasteiger partial charge in [0.1, 0.15) is 10.7 Å². The van der Waals surface area contributed by atoms with Gasteiger partial charge < -0.3 is 10.6 Å². The SMILES string of the molecule is O=C(NC1CC2CCC(C1)N2)c1csc(-c2cccc([N+](=O)[O-])c2)n1. The molecular weight excluding hydrogens is 340 g/mol. The highest BCUT2D eigenvalue weighted by Crippen LogP contribution is 2.28. The minimum atomic E-state index is -0.434. The number of carbonyl (C=O) groups is 1. The van der Waals surface area contributed by atoms with Crippen LogP contribution in [0.1, 0.15) is 36.2 Å². The van der Waals surface area contributed by atoms with Crippen LogP contribution in [-0.2, 0) is 0 Å². The van der Waals surface area contributed by atoms with Crippen molar-refractivity contribution >= 4 is 22.9 Å². The summed E-state index contributed by atoms with van der Waals surface area (Å²) in [7, 11) is 0. The molecule has 1 aromatic heterocycles. The van der Waals surface area contributed by atoms with Gasteiger partial charge in [-0.15, -0.1) is 11.3 Å². The first-order valence-electron chi connectivity index (χ1n) is 8.36. The van der Waals surface area contributed by atoms with E-state index in [1.165, 1.54) is 36.3 Å². The lowest BCUT2D eigenvalue weighted by molar-refractivity contribution is -0.384. The van der Waals surface area contributed by atoms with Crippen LogP contribution in [0, 0.1) is 10.1 Å². The molecule has 1 amide bonds. The lowest BCUT2D eigenvalue weighted by Gasteiger charge is -2.29. The molecule has 7 nitrogen and oxygen atoms in total. The van der Waals surface area contributed by atoms with E-state index in [-0.39, 0.29) is 17.6 Å². The third-order valence-corrected chi connectivity index (χ3v) is 5.74. The summed E-state index contributed by atoms with van der Waals surface area (Å²) >= 11 is 1.32. The van der Waals surface area contributed by atoms with Crippen LogP contribution in [0.4, 0.5) is 5.69 Å². The highest BCUT2D eigenvalue weighted by molar-refractivity contribution is 7.13. The average Bonchev–Trinajstić information content (AvgIpc) is 3.22. The fourth-order valence-corrected chi connectivity index (χ4v) is 4.49. The molecule has 2 saturated heterocycles. The Bertz CT molecular complexity index is 810. The van der Waals surface area contributed by atoms with E-state index in [0.717, 1.165) is 12.8 Å². The lowest BCUT2D eigenvalue weighted by Crippen LogP contribution is -2.48. The topological polar surface area (TPSA) is 97.2 Å². The molecule has 130 valence electrons. The number of amides is 1. The smallest absolute Gasteiger partial charge is 0.270 e. The Morgan fingerprint density at radius 1 is 1.32 bits per heavy atom. The molecule has 2 aliphatic rings. The maximum Gasteiger partial charge on any atom is 0.270 e. The third kappa shape index (κ3) is 3.40. The Kier molecular flexibility index (Phi) is 4.22. The number of nitrogens with zero attached hydrogens (tertiary/aromatic N) is 2. The predicted molar refractivity (Wildman–Crippen MR) is 94.6 cm³/mol. The Labute approximate surface area is 148 Å². The van der Waals surface area contributed by atoms with E-state index in [1.54, 1.807) is 17.5 Å². The summed E-state index contributed by atoms with van der Waals surface area (Å²) in [4.78, 5) is 27.3. The molecule has 0 aliphatic carbocycles. The van der Waals surface area contributed by atoms with E-state index in [1.807, 2.05) is 0 Å². The number of thiazole rings is 1. The summed E-state index contributed by atoms with van der Waals surface area (Å²) in [5.74, 6) is -0.167. The maximum atomic E-state index is 12.5. The average molecular weight is 358 g/mol. The molecule has 25 heavy (non-hydrogen) atoms. The van der Waals surface area contributed by atoms with Gasteiger partial charge in [0.2, 0.25) is 0 Å². The first-order chi connectivity index (χ1) is 12.1. The number of rotatable bonds is 4. The van der Waals surface area contributed by atoms with E-state index in [4.69, 9.17) is 0 Å². The van der Waals surface area contributed by atoms with Crippen molar-refractivity contribution in [3.8, 4) is 10.6 Å². The van der Waals surface area contributed by atoms with E-state index >= 15 is 0 Å². The highest BCUT2D eigenvalue weighted by atomic mass is 32.1. The van der Waals surface area contributed by atoms with Crippen molar-refractivity contribution in [3.05, 3.63) is 45.5 Å². The molecule has 0 saturated carbocycles. The van der Waals surface area contributed by atoms with E-state index in [0.29, 0.717) is 28.3 Å². The summed E-state index contributed by atoms with van der Waals surface area (Å²) < 4.78 is 0. The predicted octanol–water partition coefficient (Wildman–Crippen LogP) is 2.73. The molecular formula is C17H18N4O3S. The minimum absolute atomic E-state index is 0.0175. The first-order valence-corrected chi connectivity index (χ1v) is 9.24. The number of non-ortho nitro benzene ring substituents is 1. The van der Waals surface area contributed by atoms with Crippen LogP contribution in [-0.4, -0.2) is 33.9 Å². The molecule has 4 rings (SSSR count). The number of aromatic nitrogens is 1. The van der Waals surface area contributed by atoms with Crippen LogP contribution < -0.4 is 10.6 Å². The van der Waals surface area contributed by atoms with Gasteiger partial charge in [0, 0.05) is 41.2 Å². The fraction of sp³-hybridized carbons (Fsp3) is 0.412. The molecule has 2 N–H and O–H groups in total. The normalized spacial score (nSPS) is 24.9. The number of carbonyl (C=O) groups excluding carboxylic acids is 1. The Hall–Kier alpha value is -2.32. The molecule has 0 radical (unpaired) electrons. The van der Waals surface area contributed by atoms with Gasteiger partial charge in [-0.25, -0.2) is 4.98 Å². The van der Waals surface area contributed by atoms with Crippen LogP contribution in [0.15, 0.2) is 29.6 Å². The highest BCUT2D eigenvalue weighted by Gasteiger charge is 2.34. The standard InChI is InChI=1S/C17H18N4O3S/c22-16(19-13-7-11-4-5-12(8-13)18-11)15-9-25-17(20-15)10-2-1-3-14(6-10)21(23)24/h1-3,6,9,11-13,18H,4-5,7-8H2,(H,19,22). The summed E-state index contributed by atoms with van der Waals surface area (Å²) in [5.41, 5.74) is 1.04. The van der Waals surface area contributed by atoms with E-state index in [2.05, 4.69) is 15.6 Å². The Morgan fingerprint density at radius 2 is 2.08 bits per heavy atom. The maximum absolute atomic E-state index is 12.5. The monoisotopic (exact) mass is 358 g/mol. The quantitative estimate of drug-likeness (QED) is 0.647. The van der Waals surface area contributed by atoms with Crippen LogP contribution in [0.2, 0.25) is 0 Å². The van der Waals surface area contributed by atoms with Crippen molar-refractivity contribution < 1.29 is 9.72 Å². The van der Waals surface area contributed by atoms with Gasteiger partial charge in [-0.2, -0.15) is 0 Å². The van der Waals surface area contributed by atoms with Gasteiger partial charge in [-0.3, -0.25) is 14.9 Å². The number of nitro groups is 1. The summed E-state index contributed by atoms with van der Waals surface area (Å²) in [5, 5.41) is 19.9. The molecule has 2 fully saturated rings. The Morgan fingerprint density at radius 3 is 2.80 bits per heavy atom. The number of benzene rings is 1. The minimum Gasteiger partial charge on any atom is -0.348 e. The second-order valence-corrected chi connectivity index (χ2v) is 7.48. The van der Waals surface area contributed by atoms with Crippen LogP contribution in [0.5, 0.6) is 0 Å². The second kappa shape index (κ2) is 6.53. The van der Waals surface area contributed by atoms with E-state index < -0.39 is 4.92 Å². The summed E-state index contributed by atoms with van der Waals surface area (Å²) in [6, 6.07) is 7.52. The van der Waals surface area contributed by atoms with Crippen LogP contribution in [0.3, 0.4) is 0 Å². The number of piperidine rings is 1. The zero-order valence-corrected chi connectivity index (χ0v) is 14.3. The number of hydrogen-bond donors (Lipinski definition) is 2. The largest absolute Gasteiger partial charge is 0.348 e. The zero-order valence-electron chi connectivity index (χ0n) is 13.5. The molecule has 0 spiro atoms. The molecule has 1 aromatic carbocycles. The molecule has 2 bridgehead atoms. The molecule has 3 heterocycles. The van der Waals surface area contributed by atoms with Crippen molar-refractivity contribution in [1.82, 2.24) is 15.6 Å². The number of nitro benzene ring substituents is 1. The third-order valence-electron chi connectivity index (χ3n) is 4.85. The van der Waals surface area contributed by atoms with E-state index in [9.17, 15) is 14.9 Å². The molecule has 2 aliphatic heterocycles. The molecule has 2 aromatic rings. The van der Waals surface area contributed by atoms with Crippen molar-refractivity contribution in [3.63, 3.8) is 0 Å².